The molecule has 1 N–H and O–H groups in total. The number of piperidine rings is 1. The predicted molar refractivity (Wildman–Crippen MR) is 102 cm³/mol. The van der Waals surface area contributed by atoms with E-state index in [4.69, 9.17) is 4.98 Å². The Morgan fingerprint density at radius 2 is 1.84 bits per heavy atom. The first kappa shape index (κ1) is 14.8. The van der Waals surface area contributed by atoms with Crippen LogP contribution in [0.4, 0.5) is 5.95 Å². The van der Waals surface area contributed by atoms with Crippen molar-refractivity contribution in [1.29, 1.82) is 0 Å². The molecule has 0 bridgehead atoms. The average Bonchev–Trinajstić information content (AvgIpc) is 3.15. The van der Waals surface area contributed by atoms with E-state index in [0.29, 0.717) is 0 Å². The third kappa shape index (κ3) is 2.76. The molecule has 1 aromatic heterocycles. The van der Waals surface area contributed by atoms with Gasteiger partial charge in [0.15, 0.2) is 0 Å². The summed E-state index contributed by atoms with van der Waals surface area (Å²) in [6, 6.07) is 17.0. The number of nitrogens with zero attached hydrogens (tertiary/aromatic N) is 3. The van der Waals surface area contributed by atoms with E-state index in [0.717, 1.165) is 48.7 Å². The molecular weight excluding hydrogens is 308 g/mol. The van der Waals surface area contributed by atoms with Crippen LogP contribution in [0.5, 0.6) is 0 Å². The van der Waals surface area contributed by atoms with Crippen molar-refractivity contribution in [1.82, 2.24) is 15.3 Å². The van der Waals surface area contributed by atoms with Gasteiger partial charge in [-0.3, -0.25) is 0 Å². The van der Waals surface area contributed by atoms with Crippen LogP contribution in [0.1, 0.15) is 6.42 Å². The molecule has 2 aliphatic rings. The van der Waals surface area contributed by atoms with Gasteiger partial charge in [0.25, 0.3) is 0 Å². The molecule has 2 aromatic carbocycles. The monoisotopic (exact) mass is 330 g/mol. The summed E-state index contributed by atoms with van der Waals surface area (Å²) in [5.41, 5.74) is 2.15. The molecule has 0 spiro atoms. The van der Waals surface area contributed by atoms with Gasteiger partial charge >= 0.3 is 0 Å². The second-order valence-electron chi connectivity index (χ2n) is 7.22. The maximum atomic E-state index is 4.88. The lowest BCUT2D eigenvalue weighted by molar-refractivity contribution is 0.346. The highest BCUT2D eigenvalue weighted by molar-refractivity contribution is 5.86. The number of aromatic nitrogens is 2. The van der Waals surface area contributed by atoms with Crippen molar-refractivity contribution in [2.75, 3.05) is 31.1 Å². The number of anilines is 1. The van der Waals surface area contributed by atoms with Crippen LogP contribution in [0, 0.1) is 11.8 Å². The Bertz CT molecular complexity index is 907. The topological polar surface area (TPSA) is 41.1 Å². The third-order valence-corrected chi connectivity index (χ3v) is 5.68. The number of rotatable bonds is 2. The number of hydrogen-bond acceptors (Lipinski definition) is 4. The molecule has 3 heterocycles. The van der Waals surface area contributed by atoms with Gasteiger partial charge in [-0.15, -0.1) is 0 Å². The molecule has 2 fully saturated rings. The van der Waals surface area contributed by atoms with Crippen molar-refractivity contribution in [3.63, 3.8) is 0 Å². The maximum Gasteiger partial charge on any atom is 0.225 e. The summed E-state index contributed by atoms with van der Waals surface area (Å²) in [7, 11) is 0. The summed E-state index contributed by atoms with van der Waals surface area (Å²) < 4.78 is 0. The molecule has 4 nitrogen and oxygen atoms in total. The first-order chi connectivity index (χ1) is 12.4. The molecule has 2 atom stereocenters. The fourth-order valence-corrected chi connectivity index (χ4v) is 4.23. The molecule has 0 amide bonds. The van der Waals surface area contributed by atoms with Gasteiger partial charge in [-0.25, -0.2) is 9.97 Å². The Morgan fingerprint density at radius 3 is 2.80 bits per heavy atom. The molecule has 0 aliphatic carbocycles. The molecule has 3 aromatic rings. The van der Waals surface area contributed by atoms with Crippen molar-refractivity contribution in [3.8, 4) is 11.3 Å². The zero-order valence-corrected chi connectivity index (χ0v) is 14.2. The second kappa shape index (κ2) is 6.12. The minimum atomic E-state index is 0.738. The van der Waals surface area contributed by atoms with E-state index in [2.05, 4.69) is 57.7 Å². The lowest BCUT2D eigenvalue weighted by atomic mass is 9.89. The molecule has 4 heteroatoms. The van der Waals surface area contributed by atoms with Gasteiger partial charge in [0.1, 0.15) is 0 Å². The van der Waals surface area contributed by atoms with E-state index in [9.17, 15) is 0 Å². The molecule has 25 heavy (non-hydrogen) atoms. The van der Waals surface area contributed by atoms with Crippen LogP contribution in [-0.4, -0.2) is 36.1 Å². The normalized spacial score (nSPS) is 23.0. The lowest BCUT2D eigenvalue weighted by Crippen LogP contribution is -2.40. The highest BCUT2D eigenvalue weighted by Crippen LogP contribution is 2.29. The van der Waals surface area contributed by atoms with Gasteiger partial charge in [0.05, 0.1) is 5.69 Å². The minimum Gasteiger partial charge on any atom is -0.340 e. The molecule has 0 saturated carbocycles. The Balaban J connectivity index is 1.45. The summed E-state index contributed by atoms with van der Waals surface area (Å²) in [6.07, 6.45) is 3.13. The highest BCUT2D eigenvalue weighted by atomic mass is 15.3. The summed E-state index contributed by atoms with van der Waals surface area (Å²) in [5.74, 6) is 2.44. The first-order valence-corrected chi connectivity index (χ1v) is 9.15. The Labute approximate surface area is 147 Å². The minimum absolute atomic E-state index is 0.738. The summed E-state index contributed by atoms with van der Waals surface area (Å²) in [4.78, 5) is 11.8. The molecule has 5 rings (SSSR count). The van der Waals surface area contributed by atoms with Crippen LogP contribution in [0.2, 0.25) is 0 Å². The van der Waals surface area contributed by atoms with Gasteiger partial charge in [0, 0.05) is 24.8 Å². The smallest absolute Gasteiger partial charge is 0.225 e. The van der Waals surface area contributed by atoms with Crippen molar-refractivity contribution < 1.29 is 0 Å². The number of benzene rings is 2. The molecule has 126 valence electrons. The summed E-state index contributed by atoms with van der Waals surface area (Å²) in [6.45, 7) is 4.44. The van der Waals surface area contributed by atoms with Gasteiger partial charge in [-0.2, -0.15) is 0 Å². The molecule has 2 saturated heterocycles. The SMILES string of the molecule is c1ccc2cc(-c3ccnc(N4CC[C@@H]5CNC[C@@H]5C4)n3)ccc2c1. The summed E-state index contributed by atoms with van der Waals surface area (Å²) in [5, 5.41) is 6.03. The number of nitrogens with one attached hydrogen (secondary N) is 1. The lowest BCUT2D eigenvalue weighted by Gasteiger charge is -2.34. The highest BCUT2D eigenvalue weighted by Gasteiger charge is 2.33. The van der Waals surface area contributed by atoms with Gasteiger partial charge in [-0.1, -0.05) is 36.4 Å². The van der Waals surface area contributed by atoms with E-state index in [-0.39, 0.29) is 0 Å². The van der Waals surface area contributed by atoms with E-state index >= 15 is 0 Å². The fourth-order valence-electron chi connectivity index (χ4n) is 4.23. The van der Waals surface area contributed by atoms with E-state index in [1.54, 1.807) is 0 Å². The Hall–Kier alpha value is -2.46. The van der Waals surface area contributed by atoms with E-state index in [1.165, 1.54) is 23.7 Å². The Morgan fingerprint density at radius 1 is 0.960 bits per heavy atom. The summed E-state index contributed by atoms with van der Waals surface area (Å²) >= 11 is 0. The standard InChI is InChI=1S/C21H22N4/c1-2-4-16-11-17(6-5-15(16)3-1)20-7-9-23-21(24-20)25-10-8-18-12-22-13-19(18)14-25/h1-7,9,11,18-19,22H,8,10,12-14H2/t18-,19-/m1/s1. The van der Waals surface area contributed by atoms with Crippen LogP contribution in [0.15, 0.2) is 54.7 Å². The van der Waals surface area contributed by atoms with Gasteiger partial charge < -0.3 is 10.2 Å². The van der Waals surface area contributed by atoms with Crippen LogP contribution < -0.4 is 10.2 Å². The zero-order chi connectivity index (χ0) is 16.6. The second-order valence-corrected chi connectivity index (χ2v) is 7.22. The third-order valence-electron chi connectivity index (χ3n) is 5.68. The first-order valence-electron chi connectivity index (χ1n) is 9.15. The van der Waals surface area contributed by atoms with Crippen LogP contribution in [0.25, 0.3) is 22.0 Å². The van der Waals surface area contributed by atoms with E-state index < -0.39 is 0 Å². The van der Waals surface area contributed by atoms with Crippen LogP contribution >= 0.6 is 0 Å². The maximum absolute atomic E-state index is 4.88. The molecule has 0 radical (unpaired) electrons. The Kier molecular flexibility index (Phi) is 3.63. The zero-order valence-electron chi connectivity index (χ0n) is 14.2. The van der Waals surface area contributed by atoms with Crippen molar-refractivity contribution in [3.05, 3.63) is 54.7 Å². The van der Waals surface area contributed by atoms with Gasteiger partial charge in [0.2, 0.25) is 5.95 Å². The molecular formula is C21H22N4. The quantitative estimate of drug-likeness (QED) is 0.782. The van der Waals surface area contributed by atoms with Crippen LogP contribution in [0.3, 0.4) is 0 Å². The van der Waals surface area contributed by atoms with Crippen LogP contribution in [-0.2, 0) is 0 Å². The fraction of sp³-hybridized carbons (Fsp3) is 0.333. The van der Waals surface area contributed by atoms with Gasteiger partial charge in [-0.05, 0) is 54.3 Å². The molecule has 2 aliphatic heterocycles. The molecule has 0 unspecified atom stereocenters. The van der Waals surface area contributed by atoms with Crippen molar-refractivity contribution in [2.45, 2.75) is 6.42 Å². The average molecular weight is 330 g/mol. The largest absolute Gasteiger partial charge is 0.340 e. The number of hydrogen-bond donors (Lipinski definition) is 1. The number of fused-ring (bicyclic) bond motifs is 2. The van der Waals surface area contributed by atoms with Crippen molar-refractivity contribution >= 4 is 16.7 Å². The van der Waals surface area contributed by atoms with Crippen molar-refractivity contribution in [2.24, 2.45) is 11.8 Å². The van der Waals surface area contributed by atoms with E-state index in [1.807, 2.05) is 12.3 Å². The predicted octanol–water partition coefficient (Wildman–Crippen LogP) is 3.34.